The number of hydrogen-bond donors (Lipinski definition) is 3. The van der Waals surface area contributed by atoms with E-state index in [9.17, 15) is 5.11 Å². The summed E-state index contributed by atoms with van der Waals surface area (Å²) in [5.74, 6) is 0. The molecule has 2 rings (SSSR count). The molecular weight excluding hydrogens is 188 g/mol. The minimum atomic E-state index is -1.15. The van der Waals surface area contributed by atoms with Gasteiger partial charge in [-0.25, -0.2) is 0 Å². The quantitative estimate of drug-likeness (QED) is 0.584. The standard InChI is InChI=1S/C12H14N2O/c13-12(14)7-6-10(8-11(12)15)9-4-2-1-3-5-9/h1-8,11,15H,13-14H2. The van der Waals surface area contributed by atoms with Gasteiger partial charge in [0.15, 0.2) is 0 Å². The zero-order chi connectivity index (χ0) is 10.9. The van der Waals surface area contributed by atoms with Gasteiger partial charge in [0.05, 0.1) is 0 Å². The fourth-order valence-corrected chi connectivity index (χ4v) is 1.53. The van der Waals surface area contributed by atoms with E-state index in [1.54, 1.807) is 12.2 Å². The van der Waals surface area contributed by atoms with E-state index in [2.05, 4.69) is 0 Å². The molecule has 1 aliphatic rings. The maximum atomic E-state index is 9.69. The lowest BCUT2D eigenvalue weighted by Gasteiger charge is -2.28. The summed E-state index contributed by atoms with van der Waals surface area (Å²) in [7, 11) is 0. The molecule has 0 radical (unpaired) electrons. The van der Waals surface area contributed by atoms with Crippen molar-refractivity contribution in [2.45, 2.75) is 11.8 Å². The number of nitrogens with two attached hydrogens (primary N) is 2. The first kappa shape index (κ1) is 10.1. The summed E-state index contributed by atoms with van der Waals surface area (Å²) in [6.45, 7) is 0. The summed E-state index contributed by atoms with van der Waals surface area (Å²) >= 11 is 0. The average Bonchev–Trinajstić information content (AvgIpc) is 2.23. The molecule has 5 N–H and O–H groups in total. The van der Waals surface area contributed by atoms with Crippen molar-refractivity contribution < 1.29 is 5.11 Å². The first-order chi connectivity index (χ1) is 7.09. The second-order valence-electron chi connectivity index (χ2n) is 3.77. The van der Waals surface area contributed by atoms with Crippen molar-refractivity contribution in [1.82, 2.24) is 0 Å². The number of aliphatic hydroxyl groups is 1. The summed E-state index contributed by atoms with van der Waals surface area (Å²) in [5, 5.41) is 9.69. The monoisotopic (exact) mass is 202 g/mol. The third kappa shape index (κ3) is 1.99. The van der Waals surface area contributed by atoms with E-state index in [-0.39, 0.29) is 0 Å². The van der Waals surface area contributed by atoms with Crippen molar-refractivity contribution in [3.8, 4) is 0 Å². The molecule has 0 aromatic heterocycles. The third-order valence-corrected chi connectivity index (χ3v) is 2.51. The van der Waals surface area contributed by atoms with Crippen LogP contribution in [0.4, 0.5) is 0 Å². The van der Waals surface area contributed by atoms with E-state index >= 15 is 0 Å². The number of hydrogen-bond acceptors (Lipinski definition) is 3. The molecule has 0 aliphatic heterocycles. The summed E-state index contributed by atoms with van der Waals surface area (Å²) < 4.78 is 0. The highest BCUT2D eigenvalue weighted by Crippen LogP contribution is 2.23. The highest BCUT2D eigenvalue weighted by atomic mass is 16.3. The molecule has 0 spiro atoms. The Bertz CT molecular complexity index is 407. The van der Waals surface area contributed by atoms with E-state index in [4.69, 9.17) is 11.5 Å². The normalized spacial score (nSPS) is 23.7. The van der Waals surface area contributed by atoms with Gasteiger partial charge in [-0.3, -0.25) is 0 Å². The molecule has 0 bridgehead atoms. The topological polar surface area (TPSA) is 72.3 Å². The molecule has 3 nitrogen and oxygen atoms in total. The summed E-state index contributed by atoms with van der Waals surface area (Å²) in [6, 6.07) is 9.79. The Morgan fingerprint density at radius 2 is 1.80 bits per heavy atom. The second kappa shape index (κ2) is 3.62. The van der Waals surface area contributed by atoms with Gasteiger partial charge >= 0.3 is 0 Å². The van der Waals surface area contributed by atoms with Crippen molar-refractivity contribution in [3.63, 3.8) is 0 Å². The zero-order valence-electron chi connectivity index (χ0n) is 8.30. The Morgan fingerprint density at radius 1 is 1.13 bits per heavy atom. The van der Waals surface area contributed by atoms with Crippen LogP contribution >= 0.6 is 0 Å². The van der Waals surface area contributed by atoms with Gasteiger partial charge in [0, 0.05) is 0 Å². The second-order valence-corrected chi connectivity index (χ2v) is 3.77. The highest BCUT2D eigenvalue weighted by Gasteiger charge is 2.27. The van der Waals surface area contributed by atoms with Gasteiger partial charge in [-0.15, -0.1) is 0 Å². The van der Waals surface area contributed by atoms with E-state index in [0.717, 1.165) is 11.1 Å². The molecule has 1 atom stereocenters. The van der Waals surface area contributed by atoms with Gasteiger partial charge in [0.25, 0.3) is 0 Å². The molecular formula is C12H14N2O. The number of benzene rings is 1. The summed E-state index contributed by atoms with van der Waals surface area (Å²) in [6.07, 6.45) is 4.29. The molecule has 3 heteroatoms. The fourth-order valence-electron chi connectivity index (χ4n) is 1.53. The first-order valence-corrected chi connectivity index (χ1v) is 4.82. The van der Waals surface area contributed by atoms with Crippen LogP contribution < -0.4 is 11.5 Å². The largest absolute Gasteiger partial charge is 0.385 e. The molecule has 15 heavy (non-hydrogen) atoms. The van der Waals surface area contributed by atoms with Gasteiger partial charge < -0.3 is 16.6 Å². The van der Waals surface area contributed by atoms with Crippen molar-refractivity contribution in [3.05, 3.63) is 54.1 Å². The van der Waals surface area contributed by atoms with Crippen LogP contribution in [0.15, 0.2) is 48.6 Å². The Morgan fingerprint density at radius 3 is 2.40 bits per heavy atom. The van der Waals surface area contributed by atoms with Crippen LogP contribution in [0.3, 0.4) is 0 Å². The molecule has 1 aliphatic carbocycles. The molecule has 0 heterocycles. The van der Waals surface area contributed by atoms with Gasteiger partial charge in [-0.05, 0) is 23.3 Å². The Balaban J connectivity index is 2.32. The molecule has 0 saturated carbocycles. The predicted octanol–water partition coefficient (Wildman–Crippen LogP) is 0.614. The lowest BCUT2D eigenvalue weighted by molar-refractivity contribution is 0.156. The van der Waals surface area contributed by atoms with E-state index < -0.39 is 11.8 Å². The van der Waals surface area contributed by atoms with Crippen LogP contribution in [-0.4, -0.2) is 16.9 Å². The van der Waals surface area contributed by atoms with Crippen LogP contribution in [0.5, 0.6) is 0 Å². The molecule has 1 unspecified atom stereocenters. The molecule has 0 fully saturated rings. The summed E-state index contributed by atoms with van der Waals surface area (Å²) in [4.78, 5) is 0. The minimum absolute atomic E-state index is 0.849. The van der Waals surface area contributed by atoms with Crippen molar-refractivity contribution >= 4 is 5.57 Å². The summed E-state index contributed by atoms with van der Waals surface area (Å²) in [5.41, 5.74) is 12.1. The predicted molar refractivity (Wildman–Crippen MR) is 60.7 cm³/mol. The van der Waals surface area contributed by atoms with Gasteiger partial charge in [0.2, 0.25) is 0 Å². The first-order valence-electron chi connectivity index (χ1n) is 4.82. The highest BCUT2D eigenvalue weighted by molar-refractivity contribution is 5.76. The maximum absolute atomic E-state index is 9.69. The third-order valence-electron chi connectivity index (χ3n) is 2.51. The lowest BCUT2D eigenvalue weighted by atomic mass is 9.92. The molecule has 1 aromatic rings. The average molecular weight is 202 g/mol. The lowest BCUT2D eigenvalue weighted by Crippen LogP contribution is -2.57. The molecule has 1 aromatic carbocycles. The molecule has 78 valence electrons. The van der Waals surface area contributed by atoms with E-state index in [0.29, 0.717) is 0 Å². The van der Waals surface area contributed by atoms with Gasteiger partial charge in [-0.1, -0.05) is 36.4 Å². The zero-order valence-corrected chi connectivity index (χ0v) is 8.30. The van der Waals surface area contributed by atoms with Crippen molar-refractivity contribution in [1.29, 1.82) is 0 Å². The molecule has 0 saturated heterocycles. The van der Waals surface area contributed by atoms with E-state index in [1.807, 2.05) is 36.4 Å². The van der Waals surface area contributed by atoms with Gasteiger partial charge in [0.1, 0.15) is 11.8 Å². The smallest absolute Gasteiger partial charge is 0.114 e. The van der Waals surface area contributed by atoms with Crippen molar-refractivity contribution in [2.24, 2.45) is 11.5 Å². The number of aliphatic hydroxyl groups excluding tert-OH is 1. The number of rotatable bonds is 1. The van der Waals surface area contributed by atoms with E-state index in [1.165, 1.54) is 0 Å². The van der Waals surface area contributed by atoms with Crippen LogP contribution in [0.1, 0.15) is 5.56 Å². The number of allylic oxidation sites excluding steroid dienone is 2. The van der Waals surface area contributed by atoms with Crippen LogP contribution in [0.25, 0.3) is 5.57 Å². The Hall–Kier alpha value is -1.42. The fraction of sp³-hybridized carbons (Fsp3) is 0.167. The SMILES string of the molecule is NC1(N)C=CC(c2ccccc2)=CC1O. The maximum Gasteiger partial charge on any atom is 0.114 e. The Labute approximate surface area is 88.7 Å². The van der Waals surface area contributed by atoms with Crippen LogP contribution in [0.2, 0.25) is 0 Å². The van der Waals surface area contributed by atoms with Crippen molar-refractivity contribution in [2.75, 3.05) is 0 Å². The van der Waals surface area contributed by atoms with Crippen LogP contribution in [0, 0.1) is 0 Å². The molecule has 0 amide bonds. The minimum Gasteiger partial charge on any atom is -0.385 e. The Kier molecular flexibility index (Phi) is 2.44. The van der Waals surface area contributed by atoms with Crippen LogP contribution in [-0.2, 0) is 0 Å². The van der Waals surface area contributed by atoms with Gasteiger partial charge in [-0.2, -0.15) is 0 Å².